The van der Waals surface area contributed by atoms with Crippen LogP contribution in [0.15, 0.2) is 30.3 Å². The standard InChI is InChI=1S/C18H25NO5/c1-12-14(22-15(20)13-10-8-7-9-11-13)19(18(5,6)23-12)16(21)24-17(2,3)4/h7-12,14H,1-6H3/t12-,14?/m1/s1. The van der Waals surface area contributed by atoms with E-state index < -0.39 is 35.7 Å². The number of amides is 1. The summed E-state index contributed by atoms with van der Waals surface area (Å²) in [4.78, 5) is 26.3. The monoisotopic (exact) mass is 335 g/mol. The zero-order valence-corrected chi connectivity index (χ0v) is 15.0. The van der Waals surface area contributed by atoms with Gasteiger partial charge in [-0.3, -0.25) is 0 Å². The molecule has 1 fully saturated rings. The number of hydrogen-bond acceptors (Lipinski definition) is 5. The molecule has 1 unspecified atom stereocenters. The van der Waals surface area contributed by atoms with Crippen LogP contribution in [0.4, 0.5) is 4.79 Å². The largest absolute Gasteiger partial charge is 0.444 e. The van der Waals surface area contributed by atoms with Gasteiger partial charge in [0.2, 0.25) is 6.23 Å². The number of rotatable bonds is 2. The molecule has 6 heteroatoms. The summed E-state index contributed by atoms with van der Waals surface area (Å²) in [5, 5.41) is 0. The van der Waals surface area contributed by atoms with Crippen molar-refractivity contribution in [2.45, 2.75) is 65.2 Å². The van der Waals surface area contributed by atoms with E-state index in [0.717, 1.165) is 0 Å². The van der Waals surface area contributed by atoms with Crippen LogP contribution >= 0.6 is 0 Å². The van der Waals surface area contributed by atoms with E-state index in [2.05, 4.69) is 0 Å². The molecule has 1 aliphatic rings. The van der Waals surface area contributed by atoms with Crippen molar-refractivity contribution in [3.8, 4) is 0 Å². The number of carbonyl (C=O) groups is 2. The molecular formula is C18H25NO5. The summed E-state index contributed by atoms with van der Waals surface area (Å²) in [6.45, 7) is 10.6. The van der Waals surface area contributed by atoms with E-state index in [0.29, 0.717) is 5.56 Å². The quantitative estimate of drug-likeness (QED) is 0.773. The van der Waals surface area contributed by atoms with Crippen LogP contribution in [-0.4, -0.2) is 40.6 Å². The third-order valence-electron chi connectivity index (χ3n) is 3.54. The van der Waals surface area contributed by atoms with Gasteiger partial charge in [0.25, 0.3) is 0 Å². The maximum Gasteiger partial charge on any atom is 0.415 e. The lowest BCUT2D eigenvalue weighted by molar-refractivity contribution is -0.0826. The Bertz CT molecular complexity index is 606. The van der Waals surface area contributed by atoms with Crippen molar-refractivity contribution < 1.29 is 23.8 Å². The predicted molar refractivity (Wildman–Crippen MR) is 88.3 cm³/mol. The van der Waals surface area contributed by atoms with Crippen LogP contribution in [0.2, 0.25) is 0 Å². The SMILES string of the molecule is C[C@H]1OC(C)(C)N(C(=O)OC(C)(C)C)C1OC(=O)c1ccccc1. The molecule has 1 aromatic carbocycles. The molecule has 24 heavy (non-hydrogen) atoms. The molecule has 2 rings (SSSR count). The minimum atomic E-state index is -0.941. The highest BCUT2D eigenvalue weighted by molar-refractivity contribution is 5.89. The maximum atomic E-state index is 12.6. The van der Waals surface area contributed by atoms with Gasteiger partial charge in [0.05, 0.1) is 5.56 Å². The van der Waals surface area contributed by atoms with Gasteiger partial charge in [-0.05, 0) is 53.7 Å². The number of nitrogens with zero attached hydrogens (tertiary/aromatic N) is 1. The van der Waals surface area contributed by atoms with Gasteiger partial charge in [-0.15, -0.1) is 0 Å². The van der Waals surface area contributed by atoms with E-state index in [9.17, 15) is 9.59 Å². The molecule has 132 valence electrons. The second-order valence-electron chi connectivity index (χ2n) is 7.28. The van der Waals surface area contributed by atoms with Crippen molar-refractivity contribution in [3.63, 3.8) is 0 Å². The van der Waals surface area contributed by atoms with Crippen molar-refractivity contribution in [1.82, 2.24) is 4.90 Å². The summed E-state index contributed by atoms with van der Waals surface area (Å²) in [5.41, 5.74) is -1.19. The van der Waals surface area contributed by atoms with Gasteiger partial charge in [-0.1, -0.05) is 18.2 Å². The van der Waals surface area contributed by atoms with Crippen LogP contribution in [0, 0.1) is 0 Å². The van der Waals surface area contributed by atoms with Crippen LogP contribution in [0.25, 0.3) is 0 Å². The number of hydrogen-bond donors (Lipinski definition) is 0. The van der Waals surface area contributed by atoms with Crippen molar-refractivity contribution in [2.24, 2.45) is 0 Å². The van der Waals surface area contributed by atoms with Crippen molar-refractivity contribution in [2.75, 3.05) is 0 Å². The summed E-state index contributed by atoms with van der Waals surface area (Å²) < 4.78 is 16.8. The molecule has 0 aromatic heterocycles. The number of ether oxygens (including phenoxy) is 3. The Morgan fingerprint density at radius 2 is 1.75 bits per heavy atom. The minimum Gasteiger partial charge on any atom is -0.444 e. The third-order valence-corrected chi connectivity index (χ3v) is 3.54. The Balaban J connectivity index is 2.22. The Labute approximate surface area is 142 Å². The van der Waals surface area contributed by atoms with Gasteiger partial charge in [-0.2, -0.15) is 0 Å². The Morgan fingerprint density at radius 3 is 2.29 bits per heavy atom. The summed E-state index contributed by atoms with van der Waals surface area (Å²) in [5.74, 6) is -0.512. The van der Waals surface area contributed by atoms with E-state index in [1.54, 1.807) is 65.8 Å². The van der Waals surface area contributed by atoms with Gasteiger partial charge >= 0.3 is 12.1 Å². The minimum absolute atomic E-state index is 0.415. The maximum absolute atomic E-state index is 12.6. The van der Waals surface area contributed by atoms with Crippen LogP contribution in [-0.2, 0) is 14.2 Å². The van der Waals surface area contributed by atoms with Crippen LogP contribution in [0.5, 0.6) is 0 Å². The number of benzene rings is 1. The molecule has 0 N–H and O–H groups in total. The van der Waals surface area contributed by atoms with E-state index in [1.807, 2.05) is 6.07 Å². The van der Waals surface area contributed by atoms with E-state index in [4.69, 9.17) is 14.2 Å². The molecule has 1 saturated heterocycles. The molecule has 6 nitrogen and oxygen atoms in total. The Kier molecular flexibility index (Phi) is 4.90. The lowest BCUT2D eigenvalue weighted by Crippen LogP contribution is -2.51. The van der Waals surface area contributed by atoms with Gasteiger partial charge in [0.15, 0.2) is 0 Å². The summed E-state index contributed by atoms with van der Waals surface area (Å²) in [6.07, 6.45) is -1.91. The van der Waals surface area contributed by atoms with Crippen LogP contribution < -0.4 is 0 Å². The zero-order valence-electron chi connectivity index (χ0n) is 15.0. The predicted octanol–water partition coefficient (Wildman–Crippen LogP) is 3.56. The van der Waals surface area contributed by atoms with E-state index >= 15 is 0 Å². The van der Waals surface area contributed by atoms with Gasteiger partial charge in [0.1, 0.15) is 17.4 Å². The molecule has 2 atom stereocenters. The molecule has 1 aliphatic heterocycles. The smallest absolute Gasteiger partial charge is 0.415 e. The van der Waals surface area contributed by atoms with E-state index in [-0.39, 0.29) is 0 Å². The molecular weight excluding hydrogens is 310 g/mol. The molecule has 1 aromatic rings. The average molecular weight is 335 g/mol. The molecule has 0 saturated carbocycles. The van der Waals surface area contributed by atoms with Crippen LogP contribution in [0.3, 0.4) is 0 Å². The van der Waals surface area contributed by atoms with Gasteiger partial charge in [0, 0.05) is 0 Å². The third kappa shape index (κ3) is 4.06. The topological polar surface area (TPSA) is 65.1 Å². The number of carbonyl (C=O) groups excluding carboxylic acids is 2. The van der Waals surface area contributed by atoms with Gasteiger partial charge < -0.3 is 14.2 Å². The van der Waals surface area contributed by atoms with E-state index in [1.165, 1.54) is 4.90 Å². The first-order chi connectivity index (χ1) is 11.0. The summed E-state index contributed by atoms with van der Waals surface area (Å²) in [6, 6.07) is 8.63. The van der Waals surface area contributed by atoms with Crippen LogP contribution in [0.1, 0.15) is 51.9 Å². The zero-order chi connectivity index (χ0) is 18.1. The fraction of sp³-hybridized carbons (Fsp3) is 0.556. The highest BCUT2D eigenvalue weighted by Crippen LogP contribution is 2.34. The fourth-order valence-electron chi connectivity index (χ4n) is 2.62. The lowest BCUT2D eigenvalue weighted by atomic mass is 10.2. The van der Waals surface area contributed by atoms with Crippen molar-refractivity contribution in [1.29, 1.82) is 0 Å². The highest BCUT2D eigenvalue weighted by atomic mass is 16.6. The second-order valence-corrected chi connectivity index (χ2v) is 7.28. The average Bonchev–Trinajstić information content (AvgIpc) is 2.66. The molecule has 1 heterocycles. The Hall–Kier alpha value is -2.08. The fourth-order valence-corrected chi connectivity index (χ4v) is 2.62. The summed E-state index contributed by atoms with van der Waals surface area (Å²) >= 11 is 0. The molecule has 0 aliphatic carbocycles. The first-order valence-electron chi connectivity index (χ1n) is 7.97. The highest BCUT2D eigenvalue weighted by Gasteiger charge is 2.51. The second kappa shape index (κ2) is 6.43. The van der Waals surface area contributed by atoms with Crippen molar-refractivity contribution >= 4 is 12.1 Å². The first kappa shape index (κ1) is 18.3. The Morgan fingerprint density at radius 1 is 1.17 bits per heavy atom. The molecule has 0 bridgehead atoms. The normalized spacial score (nSPS) is 23.0. The lowest BCUT2D eigenvalue weighted by Gasteiger charge is -2.34. The van der Waals surface area contributed by atoms with Gasteiger partial charge in [-0.25, -0.2) is 14.5 Å². The molecule has 0 spiro atoms. The molecule has 1 amide bonds. The number of esters is 1. The molecule has 0 radical (unpaired) electrons. The summed E-state index contributed by atoms with van der Waals surface area (Å²) in [7, 11) is 0. The first-order valence-corrected chi connectivity index (χ1v) is 7.97. The van der Waals surface area contributed by atoms with Crippen molar-refractivity contribution in [3.05, 3.63) is 35.9 Å².